The number of halogens is 1. The Kier molecular flexibility index (Phi) is 12.2. The highest BCUT2D eigenvalue weighted by Crippen LogP contribution is 2.42. The first-order valence-corrected chi connectivity index (χ1v) is 10.3. The van der Waals surface area contributed by atoms with Crippen molar-refractivity contribution in [1.29, 1.82) is 0 Å². The molecule has 0 radical (unpaired) electrons. The Bertz CT molecular complexity index is 429. The zero-order valence-corrected chi connectivity index (χ0v) is 19.9. The molecule has 3 atom stereocenters. The Morgan fingerprint density at radius 1 is 1.26 bits per heavy atom. The molecule has 1 aliphatic carbocycles. The maximum atomic E-state index is 6.02. The minimum Gasteiger partial charge on any atom is -0.381 e. The van der Waals surface area contributed by atoms with Crippen molar-refractivity contribution in [3.8, 4) is 0 Å². The van der Waals surface area contributed by atoms with Crippen molar-refractivity contribution in [2.75, 3.05) is 46.6 Å². The summed E-state index contributed by atoms with van der Waals surface area (Å²) in [5.41, 5.74) is 0.137. The number of rotatable bonds is 11. The number of unbranched alkanes of at least 4 members (excludes halogenated alkanes) is 1. The van der Waals surface area contributed by atoms with E-state index in [1.165, 1.54) is 6.42 Å². The maximum absolute atomic E-state index is 6.02. The van der Waals surface area contributed by atoms with Gasteiger partial charge in [0.25, 0.3) is 0 Å². The largest absolute Gasteiger partial charge is 0.381 e. The smallest absolute Gasteiger partial charge is 0.191 e. The Morgan fingerprint density at radius 3 is 2.70 bits per heavy atom. The topological polar surface area (TPSA) is 64.1 Å². The van der Waals surface area contributed by atoms with E-state index in [9.17, 15) is 0 Å². The molecular weight excluding hydrogens is 457 g/mol. The standard InChI is InChI=1S/C20H39N3O3.HI/c1-5-6-11-26-18-13-17(20(18,2)3)23-19(21-4)22-9-7-10-24-14-16-8-12-25-15-16;/h16-18H,5-15H2,1-4H3,(H2,21,22,23);1H. The first-order valence-electron chi connectivity index (χ1n) is 10.3. The minimum atomic E-state index is 0. The van der Waals surface area contributed by atoms with Gasteiger partial charge in [-0.2, -0.15) is 0 Å². The molecule has 2 aliphatic rings. The van der Waals surface area contributed by atoms with E-state index in [1.807, 2.05) is 7.05 Å². The van der Waals surface area contributed by atoms with Crippen LogP contribution in [0.25, 0.3) is 0 Å². The molecule has 7 heteroatoms. The summed E-state index contributed by atoms with van der Waals surface area (Å²) in [6.07, 6.45) is 5.83. The van der Waals surface area contributed by atoms with Crippen LogP contribution in [0.1, 0.15) is 52.9 Å². The van der Waals surface area contributed by atoms with E-state index >= 15 is 0 Å². The van der Waals surface area contributed by atoms with Crippen LogP contribution in [0.2, 0.25) is 0 Å². The van der Waals surface area contributed by atoms with E-state index < -0.39 is 0 Å². The summed E-state index contributed by atoms with van der Waals surface area (Å²) in [7, 11) is 1.83. The first kappa shape index (κ1) is 24.9. The second-order valence-electron chi connectivity index (χ2n) is 8.12. The van der Waals surface area contributed by atoms with Crippen LogP contribution in [0.3, 0.4) is 0 Å². The Hall–Kier alpha value is -0.120. The van der Waals surface area contributed by atoms with E-state index in [1.54, 1.807) is 0 Å². The highest BCUT2D eigenvalue weighted by atomic mass is 127. The van der Waals surface area contributed by atoms with E-state index in [4.69, 9.17) is 14.2 Å². The summed E-state index contributed by atoms with van der Waals surface area (Å²) in [4.78, 5) is 4.35. The molecule has 0 aromatic carbocycles. The Labute approximate surface area is 182 Å². The van der Waals surface area contributed by atoms with Crippen molar-refractivity contribution in [2.24, 2.45) is 16.3 Å². The van der Waals surface area contributed by atoms with Gasteiger partial charge in [0.15, 0.2) is 5.96 Å². The molecule has 3 unspecified atom stereocenters. The van der Waals surface area contributed by atoms with Gasteiger partial charge in [0.2, 0.25) is 0 Å². The molecule has 0 aromatic rings. The average molecular weight is 497 g/mol. The van der Waals surface area contributed by atoms with Gasteiger partial charge in [-0.15, -0.1) is 24.0 Å². The van der Waals surface area contributed by atoms with Gasteiger partial charge in [-0.25, -0.2) is 0 Å². The van der Waals surface area contributed by atoms with Crippen LogP contribution in [0.5, 0.6) is 0 Å². The van der Waals surface area contributed by atoms with Crippen molar-refractivity contribution in [1.82, 2.24) is 10.6 Å². The van der Waals surface area contributed by atoms with Crippen LogP contribution in [-0.4, -0.2) is 64.7 Å². The maximum Gasteiger partial charge on any atom is 0.191 e. The SMILES string of the molecule is CCCCOC1CC(NC(=NC)NCCCOCC2CCOC2)C1(C)C.I. The molecule has 0 bridgehead atoms. The van der Waals surface area contributed by atoms with Crippen LogP contribution >= 0.6 is 24.0 Å². The number of aliphatic imine (C=N–C) groups is 1. The minimum absolute atomic E-state index is 0. The lowest BCUT2D eigenvalue weighted by molar-refractivity contribution is -0.113. The van der Waals surface area contributed by atoms with Gasteiger partial charge in [0, 0.05) is 50.8 Å². The normalized spacial score (nSPS) is 27.0. The van der Waals surface area contributed by atoms with Gasteiger partial charge in [-0.05, 0) is 25.7 Å². The number of ether oxygens (including phenoxy) is 3. The van der Waals surface area contributed by atoms with Crippen LogP contribution in [0.4, 0.5) is 0 Å². The average Bonchev–Trinajstić information content (AvgIpc) is 3.14. The molecule has 160 valence electrons. The van der Waals surface area contributed by atoms with Gasteiger partial charge in [-0.3, -0.25) is 4.99 Å². The summed E-state index contributed by atoms with van der Waals surface area (Å²) < 4.78 is 17.1. The molecular formula is C20H40IN3O3. The van der Waals surface area contributed by atoms with Crippen molar-refractivity contribution in [3.63, 3.8) is 0 Å². The number of hydrogen-bond acceptors (Lipinski definition) is 4. The molecule has 2 fully saturated rings. The van der Waals surface area contributed by atoms with Gasteiger partial charge in [0.1, 0.15) is 0 Å². The molecule has 27 heavy (non-hydrogen) atoms. The van der Waals surface area contributed by atoms with E-state index in [-0.39, 0.29) is 29.4 Å². The molecule has 2 rings (SSSR count). The van der Waals surface area contributed by atoms with Crippen molar-refractivity contribution in [3.05, 3.63) is 0 Å². The van der Waals surface area contributed by atoms with Crippen LogP contribution in [-0.2, 0) is 14.2 Å². The lowest BCUT2D eigenvalue weighted by Crippen LogP contribution is -2.63. The summed E-state index contributed by atoms with van der Waals surface area (Å²) >= 11 is 0. The molecule has 1 saturated carbocycles. The summed E-state index contributed by atoms with van der Waals surface area (Å²) in [5, 5.41) is 6.95. The summed E-state index contributed by atoms with van der Waals surface area (Å²) in [6.45, 7) is 11.8. The zero-order valence-electron chi connectivity index (χ0n) is 17.6. The van der Waals surface area contributed by atoms with Crippen molar-refractivity contribution in [2.45, 2.75) is 65.0 Å². The quantitative estimate of drug-likeness (QED) is 0.199. The molecule has 0 amide bonds. The lowest BCUT2D eigenvalue weighted by atomic mass is 9.64. The van der Waals surface area contributed by atoms with Gasteiger partial charge >= 0.3 is 0 Å². The first-order chi connectivity index (χ1) is 12.6. The molecule has 0 aromatic heterocycles. The fourth-order valence-corrected chi connectivity index (χ4v) is 3.49. The van der Waals surface area contributed by atoms with Crippen LogP contribution in [0, 0.1) is 11.3 Å². The molecule has 6 nitrogen and oxygen atoms in total. The Morgan fingerprint density at radius 2 is 2.07 bits per heavy atom. The van der Waals surface area contributed by atoms with Crippen molar-refractivity contribution >= 4 is 29.9 Å². The third kappa shape index (κ3) is 8.03. The van der Waals surface area contributed by atoms with E-state index in [0.29, 0.717) is 18.1 Å². The van der Waals surface area contributed by atoms with Gasteiger partial charge in [0.05, 0.1) is 19.3 Å². The highest BCUT2D eigenvalue weighted by molar-refractivity contribution is 14.0. The number of nitrogens with zero attached hydrogens (tertiary/aromatic N) is 1. The van der Waals surface area contributed by atoms with Crippen molar-refractivity contribution < 1.29 is 14.2 Å². The molecule has 2 N–H and O–H groups in total. The third-order valence-corrected chi connectivity index (χ3v) is 5.66. The number of hydrogen-bond donors (Lipinski definition) is 2. The van der Waals surface area contributed by atoms with E-state index in [0.717, 1.165) is 71.2 Å². The fraction of sp³-hybridized carbons (Fsp3) is 0.950. The molecule has 1 aliphatic heterocycles. The van der Waals surface area contributed by atoms with E-state index in [2.05, 4.69) is 36.4 Å². The van der Waals surface area contributed by atoms with Crippen LogP contribution in [0.15, 0.2) is 4.99 Å². The monoisotopic (exact) mass is 497 g/mol. The number of nitrogens with one attached hydrogen (secondary N) is 2. The molecule has 1 heterocycles. The second kappa shape index (κ2) is 13.2. The highest BCUT2D eigenvalue weighted by Gasteiger charge is 2.49. The van der Waals surface area contributed by atoms with Crippen LogP contribution < -0.4 is 10.6 Å². The third-order valence-electron chi connectivity index (χ3n) is 5.66. The Balaban J connectivity index is 0.00000364. The number of guanidine groups is 1. The summed E-state index contributed by atoms with van der Waals surface area (Å²) in [6, 6.07) is 0.402. The predicted molar refractivity (Wildman–Crippen MR) is 121 cm³/mol. The lowest BCUT2D eigenvalue weighted by Gasteiger charge is -2.52. The molecule has 1 saturated heterocycles. The van der Waals surface area contributed by atoms with Gasteiger partial charge in [-0.1, -0.05) is 27.2 Å². The molecule has 0 spiro atoms. The summed E-state index contributed by atoms with van der Waals surface area (Å²) in [5.74, 6) is 1.46. The second-order valence-corrected chi connectivity index (χ2v) is 8.12. The predicted octanol–water partition coefficient (Wildman–Crippen LogP) is 3.20. The van der Waals surface area contributed by atoms with Gasteiger partial charge < -0.3 is 24.8 Å². The fourth-order valence-electron chi connectivity index (χ4n) is 3.49. The zero-order chi connectivity index (χ0) is 18.8.